The van der Waals surface area contributed by atoms with Crippen LogP contribution in [0.1, 0.15) is 0 Å². The SMILES string of the molecule is COc1cc(O)c2c(=O)c(O[C@@H]3OC(CO)[C@@H](O)C(O)C3O)c(-c3ccc(O[C@@H]4OC(CO)[C@@H](O)C(O)C4O)cc3)oc2c1. The van der Waals surface area contributed by atoms with Crippen LogP contribution in [0.25, 0.3) is 22.3 Å². The standard InChI is InChI=1S/C28H32O16/c1-39-12-6-13(31)17-14(7-12)41-25(26(20(17)34)44-28-24(38)22(36)19(33)16(9-30)43-28)10-2-4-11(5-3-10)40-27-23(37)21(35)18(32)15(8-29)42-27/h2-7,15-16,18-19,21-24,27-33,35-38H,8-9H2,1H3/t15?,16?,18-,19-,21?,22?,23?,24?,27-,28+/m1/s1. The number of methoxy groups -OCH3 is 1. The molecule has 2 saturated heterocycles. The van der Waals surface area contributed by atoms with Crippen molar-refractivity contribution < 1.29 is 74.1 Å². The first-order valence-electron chi connectivity index (χ1n) is 13.4. The zero-order chi connectivity index (χ0) is 31.9. The van der Waals surface area contributed by atoms with Crippen molar-refractivity contribution in [3.63, 3.8) is 0 Å². The minimum absolute atomic E-state index is 0.0944. The number of benzene rings is 2. The molecular formula is C28H32O16. The number of aliphatic hydroxyl groups excluding tert-OH is 8. The van der Waals surface area contributed by atoms with Gasteiger partial charge in [-0.25, -0.2) is 0 Å². The molecule has 240 valence electrons. The van der Waals surface area contributed by atoms with E-state index in [2.05, 4.69) is 0 Å². The normalized spacial score (nSPS) is 32.4. The summed E-state index contributed by atoms with van der Waals surface area (Å²) in [5, 5.41) is 90.4. The van der Waals surface area contributed by atoms with Crippen LogP contribution in [0, 0.1) is 0 Å². The van der Waals surface area contributed by atoms with Gasteiger partial charge in [0.15, 0.2) is 5.76 Å². The van der Waals surface area contributed by atoms with E-state index in [4.69, 9.17) is 28.1 Å². The molecule has 16 nitrogen and oxygen atoms in total. The molecule has 5 rings (SSSR count). The molecule has 2 aliphatic heterocycles. The smallest absolute Gasteiger partial charge is 0.239 e. The fourth-order valence-electron chi connectivity index (χ4n) is 4.94. The summed E-state index contributed by atoms with van der Waals surface area (Å²) in [7, 11) is 1.34. The Kier molecular flexibility index (Phi) is 9.28. The van der Waals surface area contributed by atoms with Crippen molar-refractivity contribution in [2.45, 2.75) is 61.4 Å². The van der Waals surface area contributed by atoms with Crippen LogP contribution >= 0.6 is 0 Å². The highest BCUT2D eigenvalue weighted by atomic mass is 16.7. The van der Waals surface area contributed by atoms with Crippen molar-refractivity contribution in [3.8, 4) is 34.3 Å². The average molecular weight is 625 g/mol. The Hall–Kier alpha value is -3.55. The van der Waals surface area contributed by atoms with Gasteiger partial charge in [-0.3, -0.25) is 4.79 Å². The molecule has 0 radical (unpaired) electrons. The monoisotopic (exact) mass is 624 g/mol. The lowest BCUT2D eigenvalue weighted by atomic mass is 9.99. The summed E-state index contributed by atoms with van der Waals surface area (Å²) < 4.78 is 33.2. The van der Waals surface area contributed by atoms with Crippen molar-refractivity contribution in [3.05, 3.63) is 46.6 Å². The number of hydrogen-bond acceptors (Lipinski definition) is 16. The molecule has 0 amide bonds. The van der Waals surface area contributed by atoms with Crippen molar-refractivity contribution in [2.75, 3.05) is 20.3 Å². The van der Waals surface area contributed by atoms with Gasteiger partial charge in [0.25, 0.3) is 0 Å². The molecule has 3 aromatic rings. The summed E-state index contributed by atoms with van der Waals surface area (Å²) in [5.74, 6) is -1.05. The largest absolute Gasteiger partial charge is 0.507 e. The number of phenols is 1. The zero-order valence-electron chi connectivity index (χ0n) is 23.0. The summed E-state index contributed by atoms with van der Waals surface area (Å²) in [4.78, 5) is 13.7. The van der Waals surface area contributed by atoms with Crippen molar-refractivity contribution in [2.24, 2.45) is 0 Å². The predicted octanol–water partition coefficient (Wildman–Crippen LogP) is -2.47. The first-order chi connectivity index (χ1) is 21.0. The minimum atomic E-state index is -1.87. The van der Waals surface area contributed by atoms with Gasteiger partial charge in [0.1, 0.15) is 77.0 Å². The van der Waals surface area contributed by atoms with Crippen LogP contribution in [0.5, 0.6) is 23.0 Å². The lowest BCUT2D eigenvalue weighted by Crippen LogP contribution is -2.60. The van der Waals surface area contributed by atoms with Crippen LogP contribution in [0.4, 0.5) is 0 Å². The Bertz CT molecular complexity index is 1500. The molecule has 0 saturated carbocycles. The lowest BCUT2D eigenvalue weighted by molar-refractivity contribution is -0.277. The van der Waals surface area contributed by atoms with Gasteiger partial charge in [0, 0.05) is 17.7 Å². The Morgan fingerprint density at radius 1 is 0.727 bits per heavy atom. The van der Waals surface area contributed by atoms with E-state index >= 15 is 0 Å². The van der Waals surface area contributed by atoms with E-state index in [1.807, 2.05) is 0 Å². The molecule has 10 atom stereocenters. The van der Waals surface area contributed by atoms with Gasteiger partial charge in [0.2, 0.25) is 23.8 Å². The highest BCUT2D eigenvalue weighted by Crippen LogP contribution is 2.38. The molecule has 0 spiro atoms. The maximum absolute atomic E-state index is 13.7. The third-order valence-corrected chi connectivity index (χ3v) is 7.44. The van der Waals surface area contributed by atoms with Crippen LogP contribution in [-0.2, 0) is 9.47 Å². The summed E-state index contributed by atoms with van der Waals surface area (Å²) in [6.45, 7) is -1.40. The molecule has 6 unspecified atom stereocenters. The number of aliphatic hydroxyl groups is 8. The third-order valence-electron chi connectivity index (χ3n) is 7.44. The summed E-state index contributed by atoms with van der Waals surface area (Å²) in [5.41, 5.74) is -0.822. The molecule has 2 fully saturated rings. The van der Waals surface area contributed by atoms with E-state index in [-0.39, 0.29) is 33.8 Å². The van der Waals surface area contributed by atoms with Gasteiger partial charge in [-0.15, -0.1) is 0 Å². The second-order valence-corrected chi connectivity index (χ2v) is 10.3. The Morgan fingerprint density at radius 3 is 1.80 bits per heavy atom. The lowest BCUT2D eigenvalue weighted by Gasteiger charge is -2.39. The summed E-state index contributed by atoms with van der Waals surface area (Å²) >= 11 is 0. The van der Waals surface area contributed by atoms with E-state index in [1.165, 1.54) is 43.5 Å². The molecule has 3 heterocycles. The molecule has 2 aliphatic rings. The summed E-state index contributed by atoms with van der Waals surface area (Å²) in [6, 6.07) is 8.08. The Balaban J connectivity index is 1.53. The fraction of sp³-hybridized carbons (Fsp3) is 0.464. The highest BCUT2D eigenvalue weighted by molar-refractivity contribution is 5.88. The van der Waals surface area contributed by atoms with Crippen LogP contribution < -0.4 is 19.6 Å². The van der Waals surface area contributed by atoms with E-state index in [1.54, 1.807) is 0 Å². The number of hydrogen-bond donors (Lipinski definition) is 9. The third kappa shape index (κ3) is 5.80. The minimum Gasteiger partial charge on any atom is -0.507 e. The van der Waals surface area contributed by atoms with E-state index in [0.717, 1.165) is 0 Å². The second-order valence-electron chi connectivity index (χ2n) is 10.3. The zero-order valence-corrected chi connectivity index (χ0v) is 23.0. The number of fused-ring (bicyclic) bond motifs is 1. The van der Waals surface area contributed by atoms with E-state index in [9.17, 15) is 50.8 Å². The van der Waals surface area contributed by atoms with Gasteiger partial charge < -0.3 is 74.1 Å². The molecule has 0 bridgehead atoms. The summed E-state index contributed by atoms with van der Waals surface area (Å²) in [6.07, 6.45) is -16.0. The molecule has 2 aromatic carbocycles. The van der Waals surface area contributed by atoms with Gasteiger partial charge in [-0.05, 0) is 24.3 Å². The van der Waals surface area contributed by atoms with Crippen LogP contribution in [0.3, 0.4) is 0 Å². The van der Waals surface area contributed by atoms with Crippen LogP contribution in [0.15, 0.2) is 45.6 Å². The first-order valence-corrected chi connectivity index (χ1v) is 13.4. The molecular weight excluding hydrogens is 592 g/mol. The van der Waals surface area contributed by atoms with Gasteiger partial charge in [0.05, 0.1) is 20.3 Å². The predicted molar refractivity (Wildman–Crippen MR) is 145 cm³/mol. The number of aromatic hydroxyl groups is 1. The first kappa shape index (κ1) is 31.9. The quantitative estimate of drug-likeness (QED) is 0.126. The van der Waals surface area contributed by atoms with Crippen molar-refractivity contribution >= 4 is 11.0 Å². The highest BCUT2D eigenvalue weighted by Gasteiger charge is 2.46. The van der Waals surface area contributed by atoms with Crippen molar-refractivity contribution in [1.29, 1.82) is 0 Å². The molecule has 0 aliphatic carbocycles. The average Bonchev–Trinajstić information content (AvgIpc) is 3.02. The van der Waals surface area contributed by atoms with Gasteiger partial charge >= 0.3 is 0 Å². The maximum atomic E-state index is 13.7. The van der Waals surface area contributed by atoms with Crippen LogP contribution in [0.2, 0.25) is 0 Å². The van der Waals surface area contributed by atoms with Crippen LogP contribution in [-0.4, -0.2) is 128 Å². The molecule has 9 N–H and O–H groups in total. The Labute approximate surface area is 248 Å². The number of phenolic OH excluding ortho intramolecular Hbond substituents is 1. The Morgan fingerprint density at radius 2 is 1.27 bits per heavy atom. The molecule has 44 heavy (non-hydrogen) atoms. The second kappa shape index (κ2) is 12.8. The molecule has 1 aromatic heterocycles. The number of ether oxygens (including phenoxy) is 5. The molecule has 16 heteroatoms. The number of rotatable bonds is 8. The van der Waals surface area contributed by atoms with Crippen molar-refractivity contribution in [1.82, 2.24) is 0 Å². The van der Waals surface area contributed by atoms with Gasteiger partial charge in [-0.2, -0.15) is 0 Å². The topological polar surface area (TPSA) is 258 Å². The van der Waals surface area contributed by atoms with Gasteiger partial charge in [-0.1, -0.05) is 0 Å². The maximum Gasteiger partial charge on any atom is 0.239 e. The van der Waals surface area contributed by atoms with E-state index in [0.29, 0.717) is 0 Å². The van der Waals surface area contributed by atoms with E-state index < -0.39 is 91.6 Å². The fourth-order valence-corrected chi connectivity index (χ4v) is 4.94.